The van der Waals surface area contributed by atoms with Gasteiger partial charge in [-0.3, -0.25) is 9.59 Å². The van der Waals surface area contributed by atoms with Gasteiger partial charge in [-0.25, -0.2) is 0 Å². The fourth-order valence-corrected chi connectivity index (χ4v) is 1.44. The fourth-order valence-electron chi connectivity index (χ4n) is 1.18. The van der Waals surface area contributed by atoms with E-state index >= 15 is 0 Å². The van der Waals surface area contributed by atoms with E-state index in [4.69, 9.17) is 16.3 Å². The highest BCUT2D eigenvalue weighted by Gasteiger charge is 2.16. The predicted octanol–water partition coefficient (Wildman–Crippen LogP) is 1.67. The maximum absolute atomic E-state index is 11.6. The van der Waals surface area contributed by atoms with E-state index in [1.165, 1.54) is 19.2 Å². The van der Waals surface area contributed by atoms with Gasteiger partial charge in [0.05, 0.1) is 12.1 Å². The molecule has 0 aliphatic heterocycles. The number of methoxy groups -OCH3 is 1. The lowest BCUT2D eigenvalue weighted by Gasteiger charge is -2.05. The Labute approximate surface area is 98.5 Å². The average molecular weight is 242 g/mol. The maximum Gasteiger partial charge on any atom is 0.292 e. The molecule has 0 heterocycles. The van der Waals surface area contributed by atoms with Crippen LogP contribution in [-0.4, -0.2) is 25.3 Å². The summed E-state index contributed by atoms with van der Waals surface area (Å²) in [4.78, 5) is 22.8. The van der Waals surface area contributed by atoms with Gasteiger partial charge in [-0.1, -0.05) is 11.6 Å². The monoisotopic (exact) mass is 241 g/mol. The molecule has 0 saturated carbocycles. The Morgan fingerprint density at radius 2 is 2.12 bits per heavy atom. The molecule has 0 aliphatic carbocycles. The van der Waals surface area contributed by atoms with E-state index in [2.05, 4.69) is 5.32 Å². The van der Waals surface area contributed by atoms with Crippen molar-refractivity contribution in [2.24, 2.45) is 0 Å². The molecule has 1 aromatic carbocycles. The first kappa shape index (κ1) is 12.5. The lowest BCUT2D eigenvalue weighted by Crippen LogP contribution is -2.30. The molecule has 86 valence electrons. The van der Waals surface area contributed by atoms with Crippen LogP contribution >= 0.6 is 11.6 Å². The zero-order chi connectivity index (χ0) is 12.1. The number of carbonyl (C=O) groups is 2. The summed E-state index contributed by atoms with van der Waals surface area (Å²) in [7, 11) is 1.48. The molecule has 5 heteroatoms. The molecule has 0 bridgehead atoms. The number of amides is 1. The Morgan fingerprint density at radius 1 is 1.44 bits per heavy atom. The normalized spacial score (nSPS) is 9.69. The van der Waals surface area contributed by atoms with E-state index in [1.54, 1.807) is 13.0 Å². The standard InChI is InChI=1S/C11H12ClNO3/c1-3-13-11(15)10(14)7-4-5-9(16-2)8(12)6-7/h4-6H,3H2,1-2H3,(H,13,15). The van der Waals surface area contributed by atoms with Gasteiger partial charge in [0.15, 0.2) is 0 Å². The number of halogens is 1. The lowest BCUT2D eigenvalue weighted by molar-refractivity contribution is -0.116. The first-order chi connectivity index (χ1) is 7.60. The van der Waals surface area contributed by atoms with E-state index in [9.17, 15) is 9.59 Å². The van der Waals surface area contributed by atoms with Crippen LogP contribution in [0.2, 0.25) is 5.02 Å². The Kier molecular flexibility index (Phi) is 4.31. The van der Waals surface area contributed by atoms with E-state index in [0.717, 1.165) is 0 Å². The fraction of sp³-hybridized carbons (Fsp3) is 0.273. The van der Waals surface area contributed by atoms with Crippen LogP contribution in [0.15, 0.2) is 18.2 Å². The highest BCUT2D eigenvalue weighted by Crippen LogP contribution is 2.24. The van der Waals surface area contributed by atoms with Crippen molar-refractivity contribution >= 4 is 23.3 Å². The van der Waals surface area contributed by atoms with Gasteiger partial charge in [0.1, 0.15) is 5.75 Å². The summed E-state index contributed by atoms with van der Waals surface area (Å²) in [6, 6.07) is 4.47. The number of rotatable bonds is 4. The van der Waals surface area contributed by atoms with Crippen LogP contribution in [0.5, 0.6) is 5.75 Å². The number of ether oxygens (including phenoxy) is 1. The Hall–Kier alpha value is -1.55. The minimum Gasteiger partial charge on any atom is -0.495 e. The van der Waals surface area contributed by atoms with Gasteiger partial charge in [-0.2, -0.15) is 0 Å². The van der Waals surface area contributed by atoms with Gasteiger partial charge in [0.25, 0.3) is 5.91 Å². The average Bonchev–Trinajstić information content (AvgIpc) is 2.28. The van der Waals surface area contributed by atoms with Crippen molar-refractivity contribution in [3.63, 3.8) is 0 Å². The second kappa shape index (κ2) is 5.51. The minimum atomic E-state index is -0.635. The van der Waals surface area contributed by atoms with Crippen LogP contribution < -0.4 is 10.1 Å². The molecule has 1 N–H and O–H groups in total. The molecule has 0 atom stereocenters. The number of ketones is 1. The highest BCUT2D eigenvalue weighted by atomic mass is 35.5. The highest BCUT2D eigenvalue weighted by molar-refractivity contribution is 6.43. The molecule has 1 amide bonds. The van der Waals surface area contributed by atoms with E-state index in [0.29, 0.717) is 17.3 Å². The van der Waals surface area contributed by atoms with Crippen LogP contribution in [-0.2, 0) is 4.79 Å². The largest absolute Gasteiger partial charge is 0.495 e. The third-order valence-corrected chi connectivity index (χ3v) is 2.25. The summed E-state index contributed by atoms with van der Waals surface area (Å²) in [5.41, 5.74) is 0.247. The summed E-state index contributed by atoms with van der Waals surface area (Å²) >= 11 is 5.85. The molecule has 0 aromatic heterocycles. The van der Waals surface area contributed by atoms with Crippen molar-refractivity contribution in [2.45, 2.75) is 6.92 Å². The van der Waals surface area contributed by atoms with Crippen molar-refractivity contribution in [1.29, 1.82) is 0 Å². The molecule has 4 nitrogen and oxygen atoms in total. The van der Waals surface area contributed by atoms with Crippen LogP contribution in [0.25, 0.3) is 0 Å². The molecule has 0 aliphatic rings. The maximum atomic E-state index is 11.6. The zero-order valence-electron chi connectivity index (χ0n) is 9.04. The number of hydrogen-bond acceptors (Lipinski definition) is 3. The van der Waals surface area contributed by atoms with Crippen molar-refractivity contribution in [3.05, 3.63) is 28.8 Å². The predicted molar refractivity (Wildman–Crippen MR) is 61.0 cm³/mol. The molecule has 1 rings (SSSR count). The first-order valence-corrected chi connectivity index (χ1v) is 5.14. The number of likely N-dealkylation sites (N-methyl/N-ethyl adjacent to an activating group) is 1. The Balaban J connectivity index is 2.93. The van der Waals surface area contributed by atoms with Gasteiger partial charge in [-0.15, -0.1) is 0 Å². The molecule has 0 unspecified atom stereocenters. The number of hydrogen-bond donors (Lipinski definition) is 1. The molecule has 1 aromatic rings. The Bertz CT molecular complexity index is 418. The van der Waals surface area contributed by atoms with Gasteiger partial charge in [0.2, 0.25) is 5.78 Å². The molecule has 0 radical (unpaired) electrons. The van der Waals surface area contributed by atoms with Crippen molar-refractivity contribution in [1.82, 2.24) is 5.32 Å². The minimum absolute atomic E-state index is 0.247. The Morgan fingerprint density at radius 3 is 2.62 bits per heavy atom. The molecular formula is C11H12ClNO3. The number of benzene rings is 1. The van der Waals surface area contributed by atoms with E-state index in [-0.39, 0.29) is 5.56 Å². The van der Waals surface area contributed by atoms with Crippen molar-refractivity contribution < 1.29 is 14.3 Å². The summed E-state index contributed by atoms with van der Waals surface area (Å²) in [6.45, 7) is 2.15. The number of carbonyl (C=O) groups excluding carboxylic acids is 2. The second-order valence-corrected chi connectivity index (χ2v) is 3.45. The van der Waals surface area contributed by atoms with Crippen LogP contribution in [0.4, 0.5) is 0 Å². The zero-order valence-corrected chi connectivity index (χ0v) is 9.80. The summed E-state index contributed by atoms with van der Waals surface area (Å²) < 4.78 is 4.94. The number of Topliss-reactive ketones (excluding diaryl/α,β-unsaturated/α-hetero) is 1. The molecule has 0 spiro atoms. The van der Waals surface area contributed by atoms with E-state index in [1.807, 2.05) is 0 Å². The quantitative estimate of drug-likeness (QED) is 0.644. The van der Waals surface area contributed by atoms with Crippen molar-refractivity contribution in [3.8, 4) is 5.75 Å². The molecule has 0 saturated heterocycles. The molecule has 0 fully saturated rings. The van der Waals surface area contributed by atoms with E-state index < -0.39 is 11.7 Å². The number of nitrogens with one attached hydrogen (secondary N) is 1. The molecular weight excluding hydrogens is 230 g/mol. The topological polar surface area (TPSA) is 55.4 Å². The molecule has 16 heavy (non-hydrogen) atoms. The van der Waals surface area contributed by atoms with Gasteiger partial charge >= 0.3 is 0 Å². The van der Waals surface area contributed by atoms with Gasteiger partial charge in [0, 0.05) is 12.1 Å². The van der Waals surface area contributed by atoms with Gasteiger partial charge < -0.3 is 10.1 Å². The van der Waals surface area contributed by atoms with Gasteiger partial charge in [-0.05, 0) is 25.1 Å². The van der Waals surface area contributed by atoms with Crippen LogP contribution in [0.3, 0.4) is 0 Å². The lowest BCUT2D eigenvalue weighted by atomic mass is 10.1. The van der Waals surface area contributed by atoms with Crippen LogP contribution in [0.1, 0.15) is 17.3 Å². The van der Waals surface area contributed by atoms with Crippen molar-refractivity contribution in [2.75, 3.05) is 13.7 Å². The first-order valence-electron chi connectivity index (χ1n) is 4.76. The summed E-state index contributed by atoms with van der Waals surface area (Å²) in [6.07, 6.45) is 0. The summed E-state index contributed by atoms with van der Waals surface area (Å²) in [5.74, 6) is -0.774. The second-order valence-electron chi connectivity index (χ2n) is 3.04. The smallest absolute Gasteiger partial charge is 0.292 e. The van der Waals surface area contributed by atoms with Crippen LogP contribution in [0, 0.1) is 0 Å². The summed E-state index contributed by atoms with van der Waals surface area (Å²) in [5, 5.41) is 2.73. The third kappa shape index (κ3) is 2.73. The third-order valence-electron chi connectivity index (χ3n) is 1.96. The SMILES string of the molecule is CCNC(=O)C(=O)c1ccc(OC)c(Cl)c1.